The van der Waals surface area contributed by atoms with E-state index < -0.39 is 10.0 Å². The third-order valence-corrected chi connectivity index (χ3v) is 5.41. The Bertz CT molecular complexity index is 943. The van der Waals surface area contributed by atoms with Gasteiger partial charge in [-0.25, -0.2) is 13.1 Å². The molecule has 0 saturated carbocycles. The highest BCUT2D eigenvalue weighted by Crippen LogP contribution is 2.28. The number of carbonyl (C=O) groups excluding carboxylic acids is 1. The fourth-order valence-corrected chi connectivity index (χ4v) is 3.63. The SMILES string of the molecule is COc1cc(S(=O)(=O)NCCc2ccc(OC)c(OC)c2)ccc1NC(C)=O. The summed E-state index contributed by atoms with van der Waals surface area (Å²) < 4.78 is 43.3. The Morgan fingerprint density at radius 2 is 1.61 bits per heavy atom. The molecule has 152 valence electrons. The molecule has 2 aromatic carbocycles. The average Bonchev–Trinajstić information content (AvgIpc) is 2.67. The van der Waals surface area contributed by atoms with Crippen molar-refractivity contribution in [2.75, 3.05) is 33.2 Å². The van der Waals surface area contributed by atoms with Gasteiger partial charge < -0.3 is 19.5 Å². The number of hydrogen-bond acceptors (Lipinski definition) is 6. The maximum Gasteiger partial charge on any atom is 0.240 e. The van der Waals surface area contributed by atoms with Crippen LogP contribution in [-0.2, 0) is 21.2 Å². The molecule has 0 radical (unpaired) electrons. The van der Waals surface area contributed by atoms with Gasteiger partial charge in [0.2, 0.25) is 15.9 Å². The standard InChI is InChI=1S/C19H24N2O6S/c1-13(22)21-16-7-6-15(12-18(16)26-3)28(23,24)20-10-9-14-5-8-17(25-2)19(11-14)27-4/h5-8,11-12,20H,9-10H2,1-4H3,(H,21,22). The highest BCUT2D eigenvalue weighted by atomic mass is 32.2. The van der Waals surface area contributed by atoms with E-state index in [0.717, 1.165) is 5.56 Å². The van der Waals surface area contributed by atoms with Crippen molar-refractivity contribution < 1.29 is 27.4 Å². The van der Waals surface area contributed by atoms with Crippen LogP contribution in [0.3, 0.4) is 0 Å². The van der Waals surface area contributed by atoms with E-state index in [0.29, 0.717) is 23.6 Å². The van der Waals surface area contributed by atoms with Crippen molar-refractivity contribution in [3.63, 3.8) is 0 Å². The van der Waals surface area contributed by atoms with Crippen molar-refractivity contribution in [1.82, 2.24) is 4.72 Å². The molecule has 1 amide bonds. The third-order valence-electron chi connectivity index (χ3n) is 3.95. The summed E-state index contributed by atoms with van der Waals surface area (Å²) in [6.07, 6.45) is 0.473. The van der Waals surface area contributed by atoms with Gasteiger partial charge in [0.15, 0.2) is 11.5 Å². The Hall–Kier alpha value is -2.78. The third kappa shape index (κ3) is 5.37. The van der Waals surface area contributed by atoms with Crippen LogP contribution in [0.5, 0.6) is 17.2 Å². The second-order valence-corrected chi connectivity index (χ2v) is 7.65. The zero-order valence-electron chi connectivity index (χ0n) is 16.2. The minimum absolute atomic E-state index is 0.0470. The number of sulfonamides is 1. The number of carbonyl (C=O) groups is 1. The highest BCUT2D eigenvalue weighted by Gasteiger charge is 2.17. The Morgan fingerprint density at radius 1 is 0.929 bits per heavy atom. The molecule has 2 aromatic rings. The second kappa shape index (κ2) is 9.43. The predicted molar refractivity (Wildman–Crippen MR) is 106 cm³/mol. The molecule has 28 heavy (non-hydrogen) atoms. The number of methoxy groups -OCH3 is 3. The Kier molecular flexibility index (Phi) is 7.24. The maximum atomic E-state index is 12.5. The number of nitrogens with one attached hydrogen (secondary N) is 2. The summed E-state index contributed by atoms with van der Waals surface area (Å²) in [5.74, 6) is 1.18. The number of benzene rings is 2. The average molecular weight is 408 g/mol. The van der Waals surface area contributed by atoms with Crippen LogP contribution >= 0.6 is 0 Å². The van der Waals surface area contributed by atoms with Crippen LogP contribution in [0.1, 0.15) is 12.5 Å². The molecule has 8 nitrogen and oxygen atoms in total. The Morgan fingerprint density at radius 3 is 2.21 bits per heavy atom. The second-order valence-electron chi connectivity index (χ2n) is 5.88. The zero-order valence-corrected chi connectivity index (χ0v) is 17.1. The molecule has 0 aromatic heterocycles. The molecule has 0 unspecified atom stereocenters. The van der Waals surface area contributed by atoms with Crippen molar-refractivity contribution in [2.45, 2.75) is 18.2 Å². The molecule has 2 rings (SSSR count). The fraction of sp³-hybridized carbons (Fsp3) is 0.316. The number of anilines is 1. The summed E-state index contributed by atoms with van der Waals surface area (Å²) in [7, 11) is 0.766. The van der Waals surface area contributed by atoms with Gasteiger partial charge in [-0.2, -0.15) is 0 Å². The van der Waals surface area contributed by atoms with E-state index in [9.17, 15) is 13.2 Å². The number of ether oxygens (including phenoxy) is 3. The molecule has 0 heterocycles. The van der Waals surface area contributed by atoms with Gasteiger partial charge in [-0.3, -0.25) is 4.79 Å². The number of rotatable bonds is 9. The minimum atomic E-state index is -3.74. The minimum Gasteiger partial charge on any atom is -0.495 e. The van der Waals surface area contributed by atoms with Gasteiger partial charge in [-0.15, -0.1) is 0 Å². The van der Waals surface area contributed by atoms with Gasteiger partial charge in [0.05, 0.1) is 31.9 Å². The lowest BCUT2D eigenvalue weighted by molar-refractivity contribution is -0.114. The largest absolute Gasteiger partial charge is 0.495 e. The molecule has 0 fully saturated rings. The van der Waals surface area contributed by atoms with Crippen molar-refractivity contribution in [3.8, 4) is 17.2 Å². The smallest absolute Gasteiger partial charge is 0.240 e. The topological polar surface area (TPSA) is 103 Å². The quantitative estimate of drug-likeness (QED) is 0.659. The van der Waals surface area contributed by atoms with Crippen molar-refractivity contribution in [2.24, 2.45) is 0 Å². The zero-order chi connectivity index (χ0) is 20.7. The lowest BCUT2D eigenvalue weighted by Gasteiger charge is -2.12. The van der Waals surface area contributed by atoms with E-state index in [2.05, 4.69) is 10.0 Å². The fourth-order valence-electron chi connectivity index (χ4n) is 2.58. The van der Waals surface area contributed by atoms with E-state index in [1.165, 1.54) is 32.2 Å². The first-order valence-electron chi connectivity index (χ1n) is 8.47. The van der Waals surface area contributed by atoms with E-state index in [-0.39, 0.29) is 23.1 Å². The summed E-state index contributed by atoms with van der Waals surface area (Å²) in [5.41, 5.74) is 1.30. The van der Waals surface area contributed by atoms with Crippen molar-refractivity contribution >= 4 is 21.6 Å². The monoisotopic (exact) mass is 408 g/mol. The molecule has 0 spiro atoms. The summed E-state index contributed by atoms with van der Waals surface area (Å²) in [6.45, 7) is 1.56. The summed E-state index contributed by atoms with van der Waals surface area (Å²) in [5, 5.41) is 2.59. The maximum absolute atomic E-state index is 12.5. The Balaban J connectivity index is 2.08. The molecule has 0 aliphatic heterocycles. The summed E-state index contributed by atoms with van der Waals surface area (Å²) in [6, 6.07) is 9.69. The molecule has 0 bridgehead atoms. The van der Waals surface area contributed by atoms with Crippen LogP contribution in [-0.4, -0.2) is 42.2 Å². The normalized spacial score (nSPS) is 11.0. The van der Waals surface area contributed by atoms with Gasteiger partial charge in [-0.1, -0.05) is 6.07 Å². The van der Waals surface area contributed by atoms with E-state index in [1.54, 1.807) is 26.4 Å². The lowest BCUT2D eigenvalue weighted by atomic mass is 10.1. The summed E-state index contributed by atoms with van der Waals surface area (Å²) >= 11 is 0. The first-order chi connectivity index (χ1) is 13.3. The Labute approximate surface area is 164 Å². The molecule has 2 N–H and O–H groups in total. The van der Waals surface area contributed by atoms with Crippen LogP contribution in [0.25, 0.3) is 0 Å². The van der Waals surface area contributed by atoms with Gasteiger partial charge in [0.25, 0.3) is 0 Å². The van der Waals surface area contributed by atoms with Gasteiger partial charge >= 0.3 is 0 Å². The summed E-state index contributed by atoms with van der Waals surface area (Å²) in [4.78, 5) is 11.3. The molecule has 0 saturated heterocycles. The number of amides is 1. The van der Waals surface area contributed by atoms with Gasteiger partial charge in [0, 0.05) is 19.5 Å². The van der Waals surface area contributed by atoms with E-state index >= 15 is 0 Å². The lowest BCUT2D eigenvalue weighted by Crippen LogP contribution is -2.26. The van der Waals surface area contributed by atoms with Crippen LogP contribution in [0.4, 0.5) is 5.69 Å². The molecule has 0 atom stereocenters. The molecule has 0 aliphatic carbocycles. The molecule has 0 aliphatic rings. The first kappa shape index (κ1) is 21.5. The van der Waals surface area contributed by atoms with E-state index in [1.807, 2.05) is 6.07 Å². The highest BCUT2D eigenvalue weighted by molar-refractivity contribution is 7.89. The van der Waals surface area contributed by atoms with E-state index in [4.69, 9.17) is 14.2 Å². The molecule has 9 heteroatoms. The van der Waals surface area contributed by atoms with Crippen molar-refractivity contribution in [3.05, 3.63) is 42.0 Å². The predicted octanol–water partition coefficient (Wildman–Crippen LogP) is 2.19. The number of hydrogen-bond donors (Lipinski definition) is 2. The van der Waals surface area contributed by atoms with Crippen LogP contribution in [0.2, 0.25) is 0 Å². The van der Waals surface area contributed by atoms with Gasteiger partial charge in [-0.05, 0) is 36.2 Å². The molecular formula is C19H24N2O6S. The van der Waals surface area contributed by atoms with Crippen LogP contribution < -0.4 is 24.2 Å². The van der Waals surface area contributed by atoms with Crippen LogP contribution in [0.15, 0.2) is 41.3 Å². The van der Waals surface area contributed by atoms with Crippen LogP contribution in [0, 0.1) is 0 Å². The van der Waals surface area contributed by atoms with Crippen molar-refractivity contribution in [1.29, 1.82) is 0 Å². The van der Waals surface area contributed by atoms with Gasteiger partial charge in [0.1, 0.15) is 5.75 Å². The first-order valence-corrected chi connectivity index (χ1v) is 9.95. The molecular weight excluding hydrogens is 384 g/mol.